The van der Waals surface area contributed by atoms with E-state index < -0.39 is 10.0 Å². The molecule has 1 N–H and O–H groups in total. The minimum absolute atomic E-state index is 0.000914. The maximum absolute atomic E-state index is 13.0. The number of amides is 1. The summed E-state index contributed by atoms with van der Waals surface area (Å²) in [6, 6.07) is 17.9. The Morgan fingerprint density at radius 3 is 2.33 bits per heavy atom. The van der Waals surface area contributed by atoms with Crippen molar-refractivity contribution in [2.24, 2.45) is 11.8 Å². The second-order valence-electron chi connectivity index (χ2n) is 9.68. The van der Waals surface area contributed by atoms with E-state index in [4.69, 9.17) is 0 Å². The molecule has 0 spiro atoms. The van der Waals surface area contributed by atoms with Gasteiger partial charge in [0.15, 0.2) is 0 Å². The molecule has 1 aliphatic heterocycles. The summed E-state index contributed by atoms with van der Waals surface area (Å²) in [5.41, 5.74) is 2.73. The van der Waals surface area contributed by atoms with Gasteiger partial charge in [-0.1, -0.05) is 63.2 Å². The van der Waals surface area contributed by atoms with Crippen LogP contribution < -0.4 is 4.72 Å². The lowest BCUT2D eigenvalue weighted by Gasteiger charge is -2.30. The van der Waals surface area contributed by atoms with Crippen LogP contribution in [-0.4, -0.2) is 38.6 Å². The quantitative estimate of drug-likeness (QED) is 0.765. The first-order valence-electron chi connectivity index (χ1n) is 10.4. The molecule has 2 unspecified atom stereocenters. The molecular weight excluding hydrogens is 396 g/mol. The van der Waals surface area contributed by atoms with Crippen LogP contribution in [0.4, 0.5) is 5.69 Å². The van der Waals surface area contributed by atoms with Gasteiger partial charge in [-0.15, -0.1) is 0 Å². The molecule has 4 rings (SSSR count). The molecule has 2 atom stereocenters. The van der Waals surface area contributed by atoms with E-state index in [1.165, 1.54) is 5.56 Å². The van der Waals surface area contributed by atoms with Gasteiger partial charge in [-0.3, -0.25) is 9.52 Å². The Hall–Kier alpha value is -2.34. The number of fused-ring (bicyclic) bond motifs is 1. The second-order valence-corrected chi connectivity index (χ2v) is 11.4. The summed E-state index contributed by atoms with van der Waals surface area (Å²) in [5.74, 6) is 1.07. The van der Waals surface area contributed by atoms with Gasteiger partial charge in [0.2, 0.25) is 15.9 Å². The van der Waals surface area contributed by atoms with E-state index >= 15 is 0 Å². The van der Waals surface area contributed by atoms with Crippen LogP contribution in [0, 0.1) is 11.8 Å². The molecule has 160 valence electrons. The highest BCUT2D eigenvalue weighted by atomic mass is 32.2. The Bertz CT molecular complexity index is 1050. The van der Waals surface area contributed by atoms with Crippen molar-refractivity contribution in [2.45, 2.75) is 38.0 Å². The number of nitrogens with one attached hydrogen (secondary N) is 1. The lowest BCUT2D eigenvalue weighted by Crippen LogP contribution is -2.37. The van der Waals surface area contributed by atoms with E-state index in [9.17, 15) is 13.2 Å². The summed E-state index contributed by atoms with van der Waals surface area (Å²) in [4.78, 5) is 15.0. The zero-order valence-electron chi connectivity index (χ0n) is 18.1. The Balaban J connectivity index is 1.42. The third-order valence-corrected chi connectivity index (χ3v) is 7.65. The minimum Gasteiger partial charge on any atom is -0.342 e. The Morgan fingerprint density at radius 1 is 1.10 bits per heavy atom. The van der Waals surface area contributed by atoms with Crippen molar-refractivity contribution in [1.29, 1.82) is 0 Å². The molecule has 1 saturated heterocycles. The smallest absolute Gasteiger partial charge is 0.229 e. The van der Waals surface area contributed by atoms with Crippen molar-refractivity contribution >= 4 is 21.6 Å². The summed E-state index contributed by atoms with van der Waals surface area (Å²) >= 11 is 0. The molecule has 2 aliphatic rings. The molecule has 1 heterocycles. The van der Waals surface area contributed by atoms with Gasteiger partial charge in [-0.2, -0.15) is 0 Å². The average molecular weight is 427 g/mol. The summed E-state index contributed by atoms with van der Waals surface area (Å²) in [5, 5.41) is 0. The van der Waals surface area contributed by atoms with Gasteiger partial charge in [-0.25, -0.2) is 8.42 Å². The number of carbonyl (C=O) groups is 1. The topological polar surface area (TPSA) is 66.5 Å². The molecule has 2 aromatic carbocycles. The van der Waals surface area contributed by atoms with Crippen LogP contribution in [-0.2, 0) is 25.6 Å². The number of carbonyl (C=O) groups excluding carboxylic acids is 1. The third-order valence-electron chi connectivity index (χ3n) is 7.04. The number of piperidine rings is 1. The first-order valence-corrected chi connectivity index (χ1v) is 12.3. The van der Waals surface area contributed by atoms with Crippen LogP contribution in [0.2, 0.25) is 0 Å². The second kappa shape index (κ2) is 7.12. The molecule has 1 aliphatic carbocycles. The van der Waals surface area contributed by atoms with Gasteiger partial charge in [0.25, 0.3) is 0 Å². The fourth-order valence-electron chi connectivity index (χ4n) is 5.13. The highest BCUT2D eigenvalue weighted by Crippen LogP contribution is 2.63. The third kappa shape index (κ3) is 3.85. The number of rotatable bonds is 6. The van der Waals surface area contributed by atoms with E-state index in [0.29, 0.717) is 23.9 Å². The van der Waals surface area contributed by atoms with E-state index in [1.54, 1.807) is 6.07 Å². The normalized spacial score (nSPS) is 25.7. The van der Waals surface area contributed by atoms with Crippen molar-refractivity contribution < 1.29 is 13.2 Å². The van der Waals surface area contributed by atoms with E-state index in [1.807, 2.05) is 35.2 Å². The number of anilines is 1. The maximum Gasteiger partial charge on any atom is 0.229 e. The predicted molar refractivity (Wildman–Crippen MR) is 120 cm³/mol. The van der Waals surface area contributed by atoms with Crippen molar-refractivity contribution in [1.82, 2.24) is 4.90 Å². The van der Waals surface area contributed by atoms with Crippen molar-refractivity contribution in [3.63, 3.8) is 0 Å². The molecule has 0 aromatic heterocycles. The summed E-state index contributed by atoms with van der Waals surface area (Å²) in [7, 11) is -3.30. The molecule has 2 fully saturated rings. The molecule has 0 radical (unpaired) electrons. The maximum atomic E-state index is 13.0. The van der Waals surface area contributed by atoms with E-state index in [2.05, 4.69) is 43.7 Å². The van der Waals surface area contributed by atoms with Crippen LogP contribution in [0.15, 0.2) is 54.6 Å². The molecule has 1 saturated carbocycles. The van der Waals surface area contributed by atoms with Crippen molar-refractivity contribution in [3.8, 4) is 0 Å². The summed E-state index contributed by atoms with van der Waals surface area (Å²) in [6.07, 6.45) is 1.66. The summed E-state index contributed by atoms with van der Waals surface area (Å²) in [6.45, 7) is 8.03. The van der Waals surface area contributed by atoms with Crippen molar-refractivity contribution in [2.75, 3.05) is 24.1 Å². The van der Waals surface area contributed by atoms with Crippen LogP contribution in [0.25, 0.3) is 0 Å². The molecular formula is C24H30N2O3S. The highest BCUT2D eigenvalue weighted by molar-refractivity contribution is 7.92. The highest BCUT2D eigenvalue weighted by Gasteiger charge is 2.66. The predicted octanol–water partition coefficient (Wildman–Crippen LogP) is 3.77. The monoisotopic (exact) mass is 426 g/mol. The Labute approximate surface area is 179 Å². The number of likely N-dealkylation sites (tertiary alicyclic amines) is 1. The molecule has 0 bridgehead atoms. The Kier molecular flexibility index (Phi) is 4.96. The number of hydrogen-bond donors (Lipinski definition) is 1. The van der Waals surface area contributed by atoms with Crippen LogP contribution in [0.3, 0.4) is 0 Å². The van der Waals surface area contributed by atoms with Crippen LogP contribution in [0.5, 0.6) is 0 Å². The van der Waals surface area contributed by atoms with Gasteiger partial charge in [0.1, 0.15) is 0 Å². The van der Waals surface area contributed by atoms with Crippen LogP contribution >= 0.6 is 0 Å². The lowest BCUT2D eigenvalue weighted by molar-refractivity contribution is -0.132. The van der Waals surface area contributed by atoms with Gasteiger partial charge in [-0.05, 0) is 40.5 Å². The van der Waals surface area contributed by atoms with E-state index in [0.717, 1.165) is 24.9 Å². The number of nitrogens with zero attached hydrogens (tertiary/aromatic N) is 1. The SMILES string of the molecule is CC(C)(CC(=O)N1CC2C(C1)C2(C)c1cccc(NS(C)(=O)=O)c1)c1ccccc1. The fourth-order valence-corrected chi connectivity index (χ4v) is 5.68. The van der Waals surface area contributed by atoms with Gasteiger partial charge in [0.05, 0.1) is 6.26 Å². The Morgan fingerprint density at radius 2 is 1.73 bits per heavy atom. The average Bonchev–Trinajstić information content (AvgIpc) is 3.02. The molecule has 2 aromatic rings. The zero-order valence-corrected chi connectivity index (χ0v) is 18.9. The lowest BCUT2D eigenvalue weighted by atomic mass is 9.81. The largest absolute Gasteiger partial charge is 0.342 e. The molecule has 1 amide bonds. The fraction of sp³-hybridized carbons (Fsp3) is 0.458. The minimum atomic E-state index is -3.30. The number of sulfonamides is 1. The standard InChI is InChI=1S/C24H30N2O3S/c1-23(2,17-9-6-5-7-10-17)14-22(27)26-15-20-21(16-26)24(20,3)18-11-8-12-19(13-18)25-30(4,28)29/h5-13,20-21,25H,14-16H2,1-4H3. The van der Waals surface area contributed by atoms with Gasteiger partial charge in [0, 0.05) is 30.6 Å². The van der Waals surface area contributed by atoms with Crippen molar-refractivity contribution in [3.05, 3.63) is 65.7 Å². The van der Waals surface area contributed by atoms with Gasteiger partial charge < -0.3 is 4.90 Å². The van der Waals surface area contributed by atoms with Crippen LogP contribution in [0.1, 0.15) is 38.3 Å². The molecule has 5 nitrogen and oxygen atoms in total. The van der Waals surface area contributed by atoms with E-state index in [-0.39, 0.29) is 16.7 Å². The van der Waals surface area contributed by atoms with Gasteiger partial charge >= 0.3 is 0 Å². The summed E-state index contributed by atoms with van der Waals surface area (Å²) < 4.78 is 25.7. The first kappa shape index (κ1) is 20.9. The molecule has 6 heteroatoms. The zero-order chi connectivity index (χ0) is 21.7. The first-order chi connectivity index (χ1) is 14.0. The number of hydrogen-bond acceptors (Lipinski definition) is 3. The number of benzene rings is 2. The molecule has 30 heavy (non-hydrogen) atoms.